The predicted octanol–water partition coefficient (Wildman–Crippen LogP) is 4.24. The molecule has 1 aromatic rings. The smallest absolute Gasteiger partial charge is 0.296 e. The number of nitrogens with zero attached hydrogens (tertiary/aromatic N) is 1. The second-order valence-electron chi connectivity index (χ2n) is 4.52. The van der Waals surface area contributed by atoms with Gasteiger partial charge < -0.3 is 5.32 Å². The van der Waals surface area contributed by atoms with Crippen LogP contribution in [0.1, 0.15) is 32.1 Å². The average molecular weight is 317 g/mol. The summed E-state index contributed by atoms with van der Waals surface area (Å²) < 4.78 is 14.2. The Morgan fingerprint density at radius 1 is 1.33 bits per heavy atom. The fraction of sp³-hybridized carbons (Fsp3) is 0.500. The predicted molar refractivity (Wildman–Crippen MR) is 71.3 cm³/mol. The summed E-state index contributed by atoms with van der Waals surface area (Å²) in [6.45, 7) is 0. The molecule has 1 fully saturated rings. The number of nitrogens with one attached hydrogen (secondary N) is 1. The van der Waals surface area contributed by atoms with Crippen LogP contribution in [0, 0.1) is 15.9 Å². The van der Waals surface area contributed by atoms with Crippen molar-refractivity contribution in [3.63, 3.8) is 0 Å². The number of nitro benzene ring substituents is 1. The molecular weight excluding hydrogens is 303 g/mol. The van der Waals surface area contributed by atoms with E-state index in [1.807, 2.05) is 0 Å². The van der Waals surface area contributed by atoms with Gasteiger partial charge in [0.15, 0.2) is 5.82 Å². The van der Waals surface area contributed by atoms with Crippen LogP contribution in [0.4, 0.5) is 15.8 Å². The van der Waals surface area contributed by atoms with Gasteiger partial charge in [0.05, 0.1) is 4.92 Å². The molecule has 2 rings (SSSR count). The van der Waals surface area contributed by atoms with E-state index in [9.17, 15) is 14.5 Å². The molecule has 4 nitrogen and oxygen atoms in total. The summed E-state index contributed by atoms with van der Waals surface area (Å²) in [6, 6.07) is 2.71. The third-order valence-corrected chi connectivity index (χ3v) is 3.64. The Labute approximate surface area is 113 Å². The van der Waals surface area contributed by atoms with Crippen LogP contribution in [0.15, 0.2) is 16.6 Å². The Balaban J connectivity index is 2.27. The van der Waals surface area contributed by atoms with Crippen LogP contribution in [0.25, 0.3) is 0 Å². The van der Waals surface area contributed by atoms with Crippen LogP contribution in [0.5, 0.6) is 0 Å². The Morgan fingerprint density at radius 2 is 2.00 bits per heavy atom. The Hall–Kier alpha value is -1.17. The standard InChI is InChI=1S/C12H14BrFN2O2/c13-8-6-10(14)12(11(7-8)16(17)18)15-9-4-2-1-3-5-9/h6-7,9,15H,1-5H2. The number of rotatable bonds is 3. The van der Waals surface area contributed by atoms with Crippen LogP contribution >= 0.6 is 15.9 Å². The summed E-state index contributed by atoms with van der Waals surface area (Å²) in [4.78, 5) is 10.4. The second-order valence-corrected chi connectivity index (χ2v) is 5.43. The highest BCUT2D eigenvalue weighted by Gasteiger charge is 2.23. The van der Waals surface area contributed by atoms with E-state index in [1.54, 1.807) is 0 Å². The molecule has 1 aromatic carbocycles. The van der Waals surface area contributed by atoms with Crippen molar-refractivity contribution in [3.05, 3.63) is 32.5 Å². The highest BCUT2D eigenvalue weighted by molar-refractivity contribution is 9.10. The number of hydrogen-bond donors (Lipinski definition) is 1. The van der Waals surface area contributed by atoms with Gasteiger partial charge >= 0.3 is 0 Å². The molecule has 1 aliphatic rings. The van der Waals surface area contributed by atoms with Crippen molar-refractivity contribution in [2.24, 2.45) is 0 Å². The zero-order valence-corrected chi connectivity index (χ0v) is 11.4. The molecule has 0 aliphatic heterocycles. The number of halogens is 2. The first kappa shape index (κ1) is 13.3. The van der Waals surface area contributed by atoms with Crippen molar-refractivity contribution < 1.29 is 9.31 Å². The lowest BCUT2D eigenvalue weighted by Gasteiger charge is -2.23. The molecule has 0 unspecified atom stereocenters. The van der Waals surface area contributed by atoms with Crippen molar-refractivity contribution in [1.82, 2.24) is 0 Å². The molecule has 98 valence electrons. The zero-order chi connectivity index (χ0) is 13.1. The molecule has 0 aromatic heterocycles. The normalized spacial score (nSPS) is 16.6. The van der Waals surface area contributed by atoms with E-state index < -0.39 is 10.7 Å². The van der Waals surface area contributed by atoms with E-state index in [0.29, 0.717) is 4.47 Å². The van der Waals surface area contributed by atoms with Gasteiger partial charge in [-0.25, -0.2) is 4.39 Å². The van der Waals surface area contributed by atoms with Gasteiger partial charge in [-0.15, -0.1) is 0 Å². The summed E-state index contributed by atoms with van der Waals surface area (Å²) in [5.41, 5.74) is -0.206. The van der Waals surface area contributed by atoms with E-state index in [4.69, 9.17) is 0 Å². The first-order valence-electron chi connectivity index (χ1n) is 5.98. The Morgan fingerprint density at radius 3 is 2.61 bits per heavy atom. The first-order chi connectivity index (χ1) is 8.58. The maximum Gasteiger partial charge on any atom is 0.296 e. The van der Waals surface area contributed by atoms with Gasteiger partial charge in [-0.05, 0) is 18.9 Å². The maximum absolute atomic E-state index is 13.8. The minimum atomic E-state index is -0.582. The lowest BCUT2D eigenvalue weighted by atomic mass is 9.95. The molecule has 0 bridgehead atoms. The Kier molecular flexibility index (Phi) is 4.16. The molecule has 1 aliphatic carbocycles. The van der Waals surface area contributed by atoms with Gasteiger partial charge in [-0.2, -0.15) is 0 Å². The third kappa shape index (κ3) is 2.98. The molecule has 0 saturated heterocycles. The zero-order valence-electron chi connectivity index (χ0n) is 9.79. The molecule has 0 heterocycles. The fourth-order valence-electron chi connectivity index (χ4n) is 2.30. The summed E-state index contributed by atoms with van der Waals surface area (Å²) >= 11 is 3.07. The molecule has 1 saturated carbocycles. The topological polar surface area (TPSA) is 55.2 Å². The molecular formula is C12H14BrFN2O2. The highest BCUT2D eigenvalue weighted by Crippen LogP contribution is 2.33. The monoisotopic (exact) mass is 316 g/mol. The number of benzene rings is 1. The van der Waals surface area contributed by atoms with E-state index in [2.05, 4.69) is 21.2 Å². The van der Waals surface area contributed by atoms with Crippen LogP contribution in [-0.4, -0.2) is 11.0 Å². The SMILES string of the molecule is O=[N+]([O-])c1cc(Br)cc(F)c1NC1CCCCC1. The molecule has 1 N–H and O–H groups in total. The molecule has 0 amide bonds. The van der Waals surface area contributed by atoms with E-state index in [1.165, 1.54) is 18.6 Å². The van der Waals surface area contributed by atoms with Gasteiger partial charge in [0, 0.05) is 16.6 Å². The van der Waals surface area contributed by atoms with Crippen molar-refractivity contribution in [1.29, 1.82) is 0 Å². The van der Waals surface area contributed by atoms with Gasteiger partial charge in [0.1, 0.15) is 5.69 Å². The Bertz CT molecular complexity index is 462. The van der Waals surface area contributed by atoms with Crippen molar-refractivity contribution in [2.75, 3.05) is 5.32 Å². The largest absolute Gasteiger partial charge is 0.374 e. The van der Waals surface area contributed by atoms with Gasteiger partial charge in [0.25, 0.3) is 5.69 Å². The number of anilines is 1. The highest BCUT2D eigenvalue weighted by atomic mass is 79.9. The van der Waals surface area contributed by atoms with Gasteiger partial charge in [-0.1, -0.05) is 35.2 Å². The minimum absolute atomic E-state index is 0.00935. The van der Waals surface area contributed by atoms with Crippen LogP contribution in [-0.2, 0) is 0 Å². The van der Waals surface area contributed by atoms with Crippen molar-refractivity contribution >= 4 is 27.3 Å². The minimum Gasteiger partial charge on any atom is -0.374 e. The molecule has 0 atom stereocenters. The van der Waals surface area contributed by atoms with Crippen molar-refractivity contribution in [3.8, 4) is 0 Å². The molecule has 18 heavy (non-hydrogen) atoms. The fourth-order valence-corrected chi connectivity index (χ4v) is 2.72. The summed E-state index contributed by atoms with van der Waals surface area (Å²) in [7, 11) is 0. The van der Waals surface area contributed by atoms with Gasteiger partial charge in [-0.3, -0.25) is 10.1 Å². The molecule has 0 radical (unpaired) electrons. The first-order valence-corrected chi connectivity index (χ1v) is 6.77. The molecule has 6 heteroatoms. The summed E-state index contributed by atoms with van der Waals surface area (Å²) in [6.07, 6.45) is 5.23. The van der Waals surface area contributed by atoms with Gasteiger partial charge in [0.2, 0.25) is 0 Å². The number of hydrogen-bond acceptors (Lipinski definition) is 3. The third-order valence-electron chi connectivity index (χ3n) is 3.18. The summed E-state index contributed by atoms with van der Waals surface area (Å²) in [5.74, 6) is -0.582. The number of nitro groups is 1. The van der Waals surface area contributed by atoms with Crippen LogP contribution in [0.3, 0.4) is 0 Å². The second kappa shape index (κ2) is 5.65. The lowest BCUT2D eigenvalue weighted by molar-refractivity contribution is -0.384. The van der Waals surface area contributed by atoms with E-state index in [-0.39, 0.29) is 17.4 Å². The molecule has 0 spiro atoms. The lowest BCUT2D eigenvalue weighted by Crippen LogP contribution is -2.23. The summed E-state index contributed by atoms with van der Waals surface area (Å²) in [5, 5.41) is 13.9. The van der Waals surface area contributed by atoms with E-state index in [0.717, 1.165) is 25.7 Å². The average Bonchev–Trinajstić information content (AvgIpc) is 2.33. The van der Waals surface area contributed by atoms with Crippen LogP contribution < -0.4 is 5.32 Å². The van der Waals surface area contributed by atoms with Crippen molar-refractivity contribution in [2.45, 2.75) is 38.1 Å². The van der Waals surface area contributed by atoms with E-state index >= 15 is 0 Å². The quantitative estimate of drug-likeness (QED) is 0.670. The van der Waals surface area contributed by atoms with Crippen LogP contribution in [0.2, 0.25) is 0 Å². The maximum atomic E-state index is 13.8.